The van der Waals surface area contributed by atoms with Gasteiger partial charge >= 0.3 is 0 Å². The van der Waals surface area contributed by atoms with E-state index in [1.54, 1.807) is 6.33 Å². The van der Waals surface area contributed by atoms with Gasteiger partial charge in [-0.25, -0.2) is 4.98 Å². The number of aromatic nitrogens is 4. The lowest BCUT2D eigenvalue weighted by atomic mass is 10.1. The fourth-order valence-electron chi connectivity index (χ4n) is 2.77. The number of nitrogens with one attached hydrogen (secondary N) is 1. The maximum atomic E-state index is 4.42. The molecule has 3 rings (SSSR count). The van der Waals surface area contributed by atoms with E-state index in [2.05, 4.69) is 43.0 Å². The molecule has 1 fully saturated rings. The minimum atomic E-state index is 0.548. The van der Waals surface area contributed by atoms with Gasteiger partial charge in [0.1, 0.15) is 18.0 Å². The van der Waals surface area contributed by atoms with Gasteiger partial charge in [0.15, 0.2) is 0 Å². The Morgan fingerprint density at radius 1 is 1.29 bits per heavy atom. The van der Waals surface area contributed by atoms with Crippen LogP contribution in [0.15, 0.2) is 30.7 Å². The van der Waals surface area contributed by atoms with Gasteiger partial charge in [-0.15, -0.1) is 10.2 Å². The zero-order valence-corrected chi connectivity index (χ0v) is 12.4. The highest BCUT2D eigenvalue weighted by Crippen LogP contribution is 2.17. The molecule has 0 aromatic carbocycles. The minimum Gasteiger partial charge on any atom is -0.357 e. The number of piperidine rings is 1. The molecule has 21 heavy (non-hydrogen) atoms. The van der Waals surface area contributed by atoms with E-state index in [9.17, 15) is 0 Å². The highest BCUT2D eigenvalue weighted by Gasteiger charge is 2.20. The van der Waals surface area contributed by atoms with Crippen molar-refractivity contribution < 1.29 is 0 Å². The first-order chi connectivity index (χ1) is 10.4. The average Bonchev–Trinajstić information content (AvgIpc) is 3.02. The lowest BCUT2D eigenvalue weighted by Crippen LogP contribution is -2.42. The molecule has 1 N–H and O–H groups in total. The molecule has 1 saturated heterocycles. The van der Waals surface area contributed by atoms with Gasteiger partial charge in [0.05, 0.1) is 6.54 Å². The van der Waals surface area contributed by atoms with Crippen LogP contribution in [0.5, 0.6) is 0 Å². The molecule has 1 aliphatic heterocycles. The Kier molecular flexibility index (Phi) is 4.45. The standard InChI is InChI=1S/C15H22N6/c1-2-20-12-18-19-15(20)11-17-13-6-9-21(10-7-13)14-5-3-4-8-16-14/h3-5,8,12-13,17H,2,6-7,9-11H2,1H3. The lowest BCUT2D eigenvalue weighted by molar-refractivity contribution is 0.405. The smallest absolute Gasteiger partial charge is 0.146 e. The molecule has 2 aromatic heterocycles. The Balaban J connectivity index is 1.48. The number of rotatable bonds is 5. The fraction of sp³-hybridized carbons (Fsp3) is 0.533. The summed E-state index contributed by atoms with van der Waals surface area (Å²) in [6.45, 7) is 5.92. The van der Waals surface area contributed by atoms with Crippen molar-refractivity contribution in [3.63, 3.8) is 0 Å². The topological polar surface area (TPSA) is 58.9 Å². The second kappa shape index (κ2) is 6.67. The molecule has 3 heterocycles. The number of anilines is 1. The monoisotopic (exact) mass is 286 g/mol. The molecule has 2 aromatic rings. The van der Waals surface area contributed by atoms with Gasteiger partial charge in [-0.2, -0.15) is 0 Å². The van der Waals surface area contributed by atoms with Crippen molar-refractivity contribution >= 4 is 5.82 Å². The lowest BCUT2D eigenvalue weighted by Gasteiger charge is -2.33. The maximum Gasteiger partial charge on any atom is 0.146 e. The Morgan fingerprint density at radius 2 is 2.14 bits per heavy atom. The number of pyridine rings is 1. The van der Waals surface area contributed by atoms with Crippen molar-refractivity contribution in [3.8, 4) is 0 Å². The second-order valence-corrected chi connectivity index (χ2v) is 5.36. The molecule has 6 nitrogen and oxygen atoms in total. The van der Waals surface area contributed by atoms with Crippen molar-refractivity contribution in [2.75, 3.05) is 18.0 Å². The van der Waals surface area contributed by atoms with Crippen LogP contribution in [-0.2, 0) is 13.1 Å². The van der Waals surface area contributed by atoms with E-state index >= 15 is 0 Å². The third kappa shape index (κ3) is 3.39. The largest absolute Gasteiger partial charge is 0.357 e. The van der Waals surface area contributed by atoms with Gasteiger partial charge in [-0.05, 0) is 31.9 Å². The van der Waals surface area contributed by atoms with Crippen molar-refractivity contribution in [2.24, 2.45) is 0 Å². The van der Waals surface area contributed by atoms with Gasteiger partial charge < -0.3 is 14.8 Å². The van der Waals surface area contributed by atoms with Gasteiger partial charge in [-0.3, -0.25) is 0 Å². The van der Waals surface area contributed by atoms with Crippen LogP contribution in [0.2, 0.25) is 0 Å². The summed E-state index contributed by atoms with van der Waals surface area (Å²) < 4.78 is 2.08. The fourth-order valence-corrected chi connectivity index (χ4v) is 2.77. The van der Waals surface area contributed by atoms with E-state index in [0.29, 0.717) is 6.04 Å². The van der Waals surface area contributed by atoms with Crippen LogP contribution < -0.4 is 10.2 Å². The van der Waals surface area contributed by atoms with E-state index in [0.717, 1.165) is 50.7 Å². The summed E-state index contributed by atoms with van der Waals surface area (Å²) in [6, 6.07) is 6.63. The van der Waals surface area contributed by atoms with Crippen LogP contribution in [-0.4, -0.2) is 38.9 Å². The summed E-state index contributed by atoms with van der Waals surface area (Å²) >= 11 is 0. The number of nitrogens with zero attached hydrogens (tertiary/aromatic N) is 5. The second-order valence-electron chi connectivity index (χ2n) is 5.36. The van der Waals surface area contributed by atoms with Crippen LogP contribution >= 0.6 is 0 Å². The molecule has 6 heteroatoms. The van der Waals surface area contributed by atoms with Crippen molar-refractivity contribution in [1.29, 1.82) is 0 Å². The van der Waals surface area contributed by atoms with E-state index in [1.807, 2.05) is 18.3 Å². The quantitative estimate of drug-likeness (QED) is 0.901. The SMILES string of the molecule is CCn1cnnc1CNC1CCN(c2ccccn2)CC1. The number of hydrogen-bond donors (Lipinski definition) is 1. The molecular weight excluding hydrogens is 264 g/mol. The summed E-state index contributed by atoms with van der Waals surface area (Å²) in [5, 5.41) is 11.7. The molecule has 0 saturated carbocycles. The van der Waals surface area contributed by atoms with Crippen LogP contribution in [0.25, 0.3) is 0 Å². The first-order valence-electron chi connectivity index (χ1n) is 7.63. The molecular formula is C15H22N6. The first-order valence-corrected chi connectivity index (χ1v) is 7.63. The van der Waals surface area contributed by atoms with Crippen molar-refractivity contribution in [3.05, 3.63) is 36.5 Å². The predicted octanol–water partition coefficient (Wildman–Crippen LogP) is 1.45. The highest BCUT2D eigenvalue weighted by molar-refractivity contribution is 5.38. The summed E-state index contributed by atoms with van der Waals surface area (Å²) in [6.07, 6.45) is 5.92. The molecule has 1 aliphatic rings. The van der Waals surface area contributed by atoms with E-state index < -0.39 is 0 Å². The first kappa shape index (κ1) is 14.0. The van der Waals surface area contributed by atoms with Gasteiger partial charge in [0.2, 0.25) is 0 Å². The summed E-state index contributed by atoms with van der Waals surface area (Å²) in [5.41, 5.74) is 0. The van der Waals surface area contributed by atoms with Crippen molar-refractivity contribution in [2.45, 2.75) is 38.9 Å². The third-order valence-corrected chi connectivity index (χ3v) is 4.05. The highest BCUT2D eigenvalue weighted by atomic mass is 15.3. The molecule has 0 spiro atoms. The Bertz CT molecular complexity index is 544. The maximum absolute atomic E-state index is 4.42. The normalized spacial score (nSPS) is 16.3. The zero-order valence-electron chi connectivity index (χ0n) is 12.4. The van der Waals surface area contributed by atoms with E-state index in [-0.39, 0.29) is 0 Å². The van der Waals surface area contributed by atoms with E-state index in [4.69, 9.17) is 0 Å². The van der Waals surface area contributed by atoms with Gasteiger partial charge in [0.25, 0.3) is 0 Å². The predicted molar refractivity (Wildman–Crippen MR) is 82.0 cm³/mol. The summed E-state index contributed by atoms with van der Waals surface area (Å²) in [7, 11) is 0. The average molecular weight is 286 g/mol. The summed E-state index contributed by atoms with van der Waals surface area (Å²) in [5.74, 6) is 2.10. The van der Waals surface area contributed by atoms with Crippen LogP contribution in [0, 0.1) is 0 Å². The Morgan fingerprint density at radius 3 is 2.86 bits per heavy atom. The summed E-state index contributed by atoms with van der Waals surface area (Å²) in [4.78, 5) is 6.77. The molecule has 0 aliphatic carbocycles. The number of hydrogen-bond acceptors (Lipinski definition) is 5. The van der Waals surface area contributed by atoms with Crippen LogP contribution in [0.4, 0.5) is 5.82 Å². The zero-order chi connectivity index (χ0) is 14.5. The molecule has 112 valence electrons. The molecule has 0 atom stereocenters. The van der Waals surface area contributed by atoms with Crippen LogP contribution in [0.1, 0.15) is 25.6 Å². The van der Waals surface area contributed by atoms with Crippen LogP contribution in [0.3, 0.4) is 0 Å². The third-order valence-electron chi connectivity index (χ3n) is 4.05. The molecule has 0 radical (unpaired) electrons. The Hall–Kier alpha value is -1.95. The molecule has 0 bridgehead atoms. The molecule has 0 unspecified atom stereocenters. The number of aryl methyl sites for hydroxylation is 1. The molecule has 0 amide bonds. The van der Waals surface area contributed by atoms with Gasteiger partial charge in [0, 0.05) is 31.9 Å². The van der Waals surface area contributed by atoms with Gasteiger partial charge in [-0.1, -0.05) is 6.07 Å². The van der Waals surface area contributed by atoms with Crippen molar-refractivity contribution in [1.82, 2.24) is 25.1 Å². The van der Waals surface area contributed by atoms with E-state index in [1.165, 1.54) is 0 Å². The Labute approximate surface area is 125 Å². The minimum absolute atomic E-state index is 0.548.